The number of rotatable bonds is 3. The summed E-state index contributed by atoms with van der Waals surface area (Å²) in [5.74, 6) is 2.15. The van der Waals surface area contributed by atoms with Crippen molar-refractivity contribution in [2.24, 2.45) is 5.73 Å². The molecule has 0 aliphatic rings. The molecule has 1 heterocycles. The topological polar surface area (TPSA) is 39.2 Å². The van der Waals surface area contributed by atoms with Gasteiger partial charge in [0.05, 0.1) is 0 Å². The molecule has 0 saturated heterocycles. The summed E-state index contributed by atoms with van der Waals surface area (Å²) in [4.78, 5) is 0. The predicted molar refractivity (Wildman–Crippen MR) is 66.4 cm³/mol. The van der Waals surface area contributed by atoms with Crippen molar-refractivity contribution in [3.8, 4) is 11.3 Å². The van der Waals surface area contributed by atoms with Crippen molar-refractivity contribution in [3.05, 3.63) is 47.7 Å². The Kier molecular flexibility index (Phi) is 3.11. The third-order valence-electron chi connectivity index (χ3n) is 2.80. The number of hydrogen-bond donors (Lipinski definition) is 1. The van der Waals surface area contributed by atoms with Crippen LogP contribution in [0.2, 0.25) is 0 Å². The molecule has 2 rings (SSSR count). The second-order valence-corrected chi connectivity index (χ2v) is 4.20. The van der Waals surface area contributed by atoms with Crippen molar-refractivity contribution >= 4 is 0 Å². The fourth-order valence-electron chi connectivity index (χ4n) is 1.61. The van der Waals surface area contributed by atoms with Crippen LogP contribution in [0.5, 0.6) is 0 Å². The second-order valence-electron chi connectivity index (χ2n) is 4.20. The summed E-state index contributed by atoms with van der Waals surface area (Å²) in [6, 6.07) is 12.3. The lowest BCUT2D eigenvalue weighted by Gasteiger charge is -2.03. The van der Waals surface area contributed by atoms with Gasteiger partial charge >= 0.3 is 0 Å². The Balaban J connectivity index is 2.28. The third-order valence-corrected chi connectivity index (χ3v) is 2.80. The minimum Gasteiger partial charge on any atom is -0.461 e. The van der Waals surface area contributed by atoms with Crippen LogP contribution in [0.15, 0.2) is 40.8 Å². The van der Waals surface area contributed by atoms with Crippen LogP contribution in [0.1, 0.15) is 24.2 Å². The Morgan fingerprint density at radius 2 is 1.81 bits per heavy atom. The Hall–Kier alpha value is -1.54. The smallest absolute Gasteiger partial charge is 0.134 e. The molecule has 0 spiro atoms. The lowest BCUT2D eigenvalue weighted by Crippen LogP contribution is -2.07. The molecule has 1 atom stereocenters. The van der Waals surface area contributed by atoms with Crippen molar-refractivity contribution < 1.29 is 4.42 Å². The third kappa shape index (κ3) is 2.17. The Bertz CT molecular complexity index is 456. The zero-order valence-electron chi connectivity index (χ0n) is 9.73. The summed E-state index contributed by atoms with van der Waals surface area (Å²) in [5, 5.41) is 0. The maximum absolute atomic E-state index is 5.78. The van der Waals surface area contributed by atoms with Crippen LogP contribution in [0.4, 0.5) is 0 Å². The monoisotopic (exact) mass is 215 g/mol. The molecule has 0 saturated carbocycles. The Morgan fingerprint density at radius 3 is 2.44 bits per heavy atom. The molecule has 2 nitrogen and oxygen atoms in total. The van der Waals surface area contributed by atoms with Gasteiger partial charge in [-0.25, -0.2) is 0 Å². The molecule has 1 aromatic heterocycles. The molecule has 0 radical (unpaired) electrons. The van der Waals surface area contributed by atoms with Gasteiger partial charge in [0.2, 0.25) is 0 Å². The van der Waals surface area contributed by atoms with E-state index in [9.17, 15) is 0 Å². The SMILES string of the molecule is Cc1ccc(-c2ccc(C(C)CN)o2)cc1. The van der Waals surface area contributed by atoms with E-state index in [1.165, 1.54) is 5.56 Å². The van der Waals surface area contributed by atoms with Gasteiger partial charge in [-0.05, 0) is 19.1 Å². The first-order valence-corrected chi connectivity index (χ1v) is 5.57. The van der Waals surface area contributed by atoms with E-state index in [1.807, 2.05) is 12.1 Å². The number of benzene rings is 1. The highest BCUT2D eigenvalue weighted by molar-refractivity contribution is 5.58. The average Bonchev–Trinajstić information content (AvgIpc) is 2.78. The van der Waals surface area contributed by atoms with E-state index < -0.39 is 0 Å². The van der Waals surface area contributed by atoms with Crippen molar-refractivity contribution in [1.82, 2.24) is 0 Å². The fraction of sp³-hybridized carbons (Fsp3) is 0.286. The Morgan fingerprint density at radius 1 is 1.12 bits per heavy atom. The molecule has 0 aliphatic carbocycles. The van der Waals surface area contributed by atoms with Crippen LogP contribution in [0.25, 0.3) is 11.3 Å². The predicted octanol–water partition coefficient (Wildman–Crippen LogP) is 3.32. The summed E-state index contributed by atoms with van der Waals surface area (Å²) in [5.41, 5.74) is 7.98. The average molecular weight is 215 g/mol. The number of hydrogen-bond acceptors (Lipinski definition) is 2. The first kappa shape index (κ1) is 11.0. The summed E-state index contributed by atoms with van der Waals surface area (Å²) in [6.45, 7) is 4.76. The summed E-state index contributed by atoms with van der Waals surface area (Å²) in [6.07, 6.45) is 0. The summed E-state index contributed by atoms with van der Waals surface area (Å²) < 4.78 is 5.78. The number of nitrogens with two attached hydrogens (primary N) is 1. The van der Waals surface area contributed by atoms with Gasteiger partial charge < -0.3 is 10.2 Å². The van der Waals surface area contributed by atoms with Crippen molar-refractivity contribution in [3.63, 3.8) is 0 Å². The van der Waals surface area contributed by atoms with Gasteiger partial charge in [-0.15, -0.1) is 0 Å². The second kappa shape index (κ2) is 4.54. The molecule has 0 amide bonds. The van der Waals surface area contributed by atoms with Gasteiger partial charge in [0.25, 0.3) is 0 Å². The first-order chi connectivity index (χ1) is 7.70. The zero-order valence-corrected chi connectivity index (χ0v) is 9.73. The lowest BCUT2D eigenvalue weighted by atomic mass is 10.1. The van der Waals surface area contributed by atoms with E-state index in [4.69, 9.17) is 10.2 Å². The molecular weight excluding hydrogens is 198 g/mol. The van der Waals surface area contributed by atoms with E-state index in [1.54, 1.807) is 0 Å². The molecule has 1 aromatic carbocycles. The van der Waals surface area contributed by atoms with Gasteiger partial charge in [-0.1, -0.05) is 36.8 Å². The maximum Gasteiger partial charge on any atom is 0.134 e. The molecule has 2 heteroatoms. The van der Waals surface area contributed by atoms with Crippen molar-refractivity contribution in [2.45, 2.75) is 19.8 Å². The van der Waals surface area contributed by atoms with Crippen molar-refractivity contribution in [1.29, 1.82) is 0 Å². The standard InChI is InChI=1S/C14H17NO/c1-10-3-5-12(6-4-10)14-8-7-13(16-14)11(2)9-15/h3-8,11H,9,15H2,1-2H3. The molecule has 84 valence electrons. The van der Waals surface area contributed by atoms with Crippen LogP contribution in [0, 0.1) is 6.92 Å². The van der Waals surface area contributed by atoms with Crippen LogP contribution in [-0.4, -0.2) is 6.54 Å². The minimum atomic E-state index is 0.277. The lowest BCUT2D eigenvalue weighted by molar-refractivity contribution is 0.488. The highest BCUT2D eigenvalue weighted by Crippen LogP contribution is 2.25. The van der Waals surface area contributed by atoms with Crippen LogP contribution in [0.3, 0.4) is 0 Å². The van der Waals surface area contributed by atoms with Gasteiger partial charge in [-0.2, -0.15) is 0 Å². The summed E-state index contributed by atoms with van der Waals surface area (Å²) >= 11 is 0. The number of aryl methyl sites for hydroxylation is 1. The molecular formula is C14H17NO. The minimum absolute atomic E-state index is 0.277. The molecule has 0 bridgehead atoms. The normalized spacial score (nSPS) is 12.7. The number of furan rings is 1. The van der Waals surface area contributed by atoms with E-state index in [0.29, 0.717) is 6.54 Å². The molecule has 0 aliphatic heterocycles. The molecule has 16 heavy (non-hydrogen) atoms. The quantitative estimate of drug-likeness (QED) is 0.853. The highest BCUT2D eigenvalue weighted by Gasteiger charge is 2.09. The van der Waals surface area contributed by atoms with Gasteiger partial charge in [0.15, 0.2) is 0 Å². The maximum atomic E-state index is 5.78. The van der Waals surface area contributed by atoms with Crippen LogP contribution in [-0.2, 0) is 0 Å². The molecule has 2 aromatic rings. The summed E-state index contributed by atoms with van der Waals surface area (Å²) in [7, 11) is 0. The highest BCUT2D eigenvalue weighted by atomic mass is 16.3. The molecule has 1 unspecified atom stereocenters. The zero-order chi connectivity index (χ0) is 11.5. The van der Waals surface area contributed by atoms with E-state index >= 15 is 0 Å². The first-order valence-electron chi connectivity index (χ1n) is 5.57. The largest absolute Gasteiger partial charge is 0.461 e. The van der Waals surface area contributed by atoms with Gasteiger partial charge in [0, 0.05) is 18.0 Å². The molecule has 2 N–H and O–H groups in total. The van der Waals surface area contributed by atoms with Gasteiger partial charge in [0.1, 0.15) is 11.5 Å². The molecule has 0 fully saturated rings. The van der Waals surface area contributed by atoms with Gasteiger partial charge in [-0.3, -0.25) is 0 Å². The van der Waals surface area contributed by atoms with Crippen molar-refractivity contribution in [2.75, 3.05) is 6.54 Å². The van der Waals surface area contributed by atoms with Crippen LogP contribution < -0.4 is 5.73 Å². The Labute approximate surface area is 96.1 Å². The van der Waals surface area contributed by atoms with E-state index in [-0.39, 0.29) is 5.92 Å². The van der Waals surface area contributed by atoms with Crippen LogP contribution >= 0.6 is 0 Å². The van der Waals surface area contributed by atoms with E-state index in [0.717, 1.165) is 17.1 Å². The van der Waals surface area contributed by atoms with E-state index in [2.05, 4.69) is 38.1 Å². The fourth-order valence-corrected chi connectivity index (χ4v) is 1.61.